The summed E-state index contributed by atoms with van der Waals surface area (Å²) in [6.07, 6.45) is 4.84. The Morgan fingerprint density at radius 1 is 1.13 bits per heavy atom. The average molecular weight is 404 g/mol. The van der Waals surface area contributed by atoms with Gasteiger partial charge in [-0.2, -0.15) is 5.10 Å². The monoisotopic (exact) mass is 403 g/mol. The molecule has 1 aliphatic rings. The molecule has 0 unspecified atom stereocenters. The van der Waals surface area contributed by atoms with Crippen LogP contribution in [0.2, 0.25) is 0 Å². The Morgan fingerprint density at radius 3 is 2.47 bits per heavy atom. The molecule has 1 saturated heterocycles. The molecule has 2 heterocycles. The number of benzene rings is 2. The first-order valence-electron chi connectivity index (χ1n) is 10.5. The lowest BCUT2D eigenvalue weighted by atomic mass is 9.92. The Labute approximate surface area is 178 Å². The molecular formula is C25H29N3O2. The largest absolute Gasteiger partial charge is 0.494 e. The van der Waals surface area contributed by atoms with Gasteiger partial charge in [0, 0.05) is 17.4 Å². The van der Waals surface area contributed by atoms with Gasteiger partial charge in [0.15, 0.2) is 0 Å². The van der Waals surface area contributed by atoms with E-state index < -0.39 is 0 Å². The number of aromatic nitrogens is 2. The molecule has 1 fully saturated rings. The van der Waals surface area contributed by atoms with Crippen LogP contribution in [0.5, 0.6) is 11.5 Å². The number of aromatic amines is 1. The maximum Gasteiger partial charge on any atom is 0.133 e. The number of nitrogens with one attached hydrogen (secondary N) is 1. The molecule has 5 heteroatoms. The molecular weight excluding hydrogens is 374 g/mol. The molecule has 4 rings (SSSR count). The van der Waals surface area contributed by atoms with Crippen molar-refractivity contribution in [1.82, 2.24) is 10.2 Å². The van der Waals surface area contributed by atoms with Gasteiger partial charge in [0.25, 0.3) is 0 Å². The van der Waals surface area contributed by atoms with Crippen LogP contribution in [0.3, 0.4) is 0 Å². The van der Waals surface area contributed by atoms with Crippen LogP contribution in [0.15, 0.2) is 67.5 Å². The Balaban J connectivity index is 1.26. The van der Waals surface area contributed by atoms with Crippen molar-refractivity contribution in [3.63, 3.8) is 0 Å². The van der Waals surface area contributed by atoms with Crippen molar-refractivity contribution in [3.8, 4) is 11.5 Å². The molecule has 0 amide bonds. The zero-order valence-corrected chi connectivity index (χ0v) is 17.7. The maximum absolute atomic E-state index is 6.14. The Hall–Kier alpha value is -3.21. The summed E-state index contributed by atoms with van der Waals surface area (Å²) < 4.78 is 11.6. The van der Waals surface area contributed by atoms with Gasteiger partial charge in [-0.05, 0) is 66.8 Å². The standard InChI is InChI=1S/C25H29N3O2/c1-4-29-23-11-7-22(8-12-23)28-16-25(17-28)30-24-9-5-20(6-10-24)18(2)13-19(3)21-14-26-27-15-21/h5-12,14-15,18,25H,3-4,13,16-17H2,1-2H3,(H,26,27)/t18-/m1/s1. The molecule has 0 spiro atoms. The zero-order chi connectivity index (χ0) is 20.9. The third-order valence-electron chi connectivity index (χ3n) is 5.57. The maximum atomic E-state index is 6.14. The topological polar surface area (TPSA) is 50.4 Å². The predicted molar refractivity (Wildman–Crippen MR) is 121 cm³/mol. The minimum Gasteiger partial charge on any atom is -0.494 e. The van der Waals surface area contributed by atoms with E-state index in [1.165, 1.54) is 11.3 Å². The summed E-state index contributed by atoms with van der Waals surface area (Å²) in [5, 5.41) is 6.85. The minimum atomic E-state index is 0.223. The lowest BCUT2D eigenvalue weighted by molar-refractivity contribution is 0.167. The van der Waals surface area contributed by atoms with Crippen molar-refractivity contribution in [3.05, 3.63) is 78.6 Å². The van der Waals surface area contributed by atoms with Gasteiger partial charge >= 0.3 is 0 Å². The molecule has 30 heavy (non-hydrogen) atoms. The number of hydrogen-bond donors (Lipinski definition) is 1. The van der Waals surface area contributed by atoms with Crippen LogP contribution in [0.25, 0.3) is 5.57 Å². The zero-order valence-electron chi connectivity index (χ0n) is 17.7. The highest BCUT2D eigenvalue weighted by atomic mass is 16.5. The smallest absolute Gasteiger partial charge is 0.133 e. The van der Waals surface area contributed by atoms with Crippen molar-refractivity contribution >= 4 is 11.3 Å². The highest BCUT2D eigenvalue weighted by Gasteiger charge is 2.28. The fraction of sp³-hybridized carbons (Fsp3) is 0.320. The summed E-state index contributed by atoms with van der Waals surface area (Å²) >= 11 is 0. The molecule has 1 atom stereocenters. The Kier molecular flexibility index (Phi) is 6.07. The molecule has 5 nitrogen and oxygen atoms in total. The van der Waals surface area contributed by atoms with Gasteiger partial charge in [0.2, 0.25) is 0 Å². The summed E-state index contributed by atoms with van der Waals surface area (Å²) in [7, 11) is 0. The van der Waals surface area contributed by atoms with Crippen molar-refractivity contribution in [2.75, 3.05) is 24.6 Å². The van der Waals surface area contributed by atoms with E-state index >= 15 is 0 Å². The summed E-state index contributed by atoms with van der Waals surface area (Å²) in [5.41, 5.74) is 4.67. The number of hydrogen-bond acceptors (Lipinski definition) is 4. The highest BCUT2D eigenvalue weighted by molar-refractivity contribution is 5.62. The molecule has 0 aliphatic carbocycles. The summed E-state index contributed by atoms with van der Waals surface area (Å²) in [4.78, 5) is 2.32. The first kappa shape index (κ1) is 20.1. The Morgan fingerprint density at radius 2 is 1.83 bits per heavy atom. The van der Waals surface area contributed by atoms with Gasteiger partial charge in [-0.15, -0.1) is 0 Å². The minimum absolute atomic E-state index is 0.223. The van der Waals surface area contributed by atoms with Crippen LogP contribution in [-0.2, 0) is 0 Å². The van der Waals surface area contributed by atoms with Crippen molar-refractivity contribution in [2.45, 2.75) is 32.3 Å². The Bertz CT molecular complexity index is 943. The second-order valence-electron chi connectivity index (χ2n) is 7.84. The number of ether oxygens (including phenoxy) is 2. The molecule has 1 aromatic heterocycles. The van der Waals surface area contributed by atoms with E-state index in [1.807, 2.05) is 31.5 Å². The van der Waals surface area contributed by atoms with E-state index in [-0.39, 0.29) is 6.10 Å². The highest BCUT2D eigenvalue weighted by Crippen LogP contribution is 2.30. The van der Waals surface area contributed by atoms with E-state index in [1.54, 1.807) is 0 Å². The van der Waals surface area contributed by atoms with Crippen LogP contribution in [-0.4, -0.2) is 36.0 Å². The van der Waals surface area contributed by atoms with Gasteiger partial charge in [0.1, 0.15) is 17.6 Å². The van der Waals surface area contributed by atoms with Crippen molar-refractivity contribution in [1.29, 1.82) is 0 Å². The third-order valence-corrected chi connectivity index (χ3v) is 5.57. The van der Waals surface area contributed by atoms with E-state index in [4.69, 9.17) is 9.47 Å². The van der Waals surface area contributed by atoms with Gasteiger partial charge < -0.3 is 14.4 Å². The molecule has 1 N–H and O–H groups in total. The van der Waals surface area contributed by atoms with Crippen LogP contribution < -0.4 is 14.4 Å². The number of allylic oxidation sites excluding steroid dienone is 1. The lowest BCUT2D eigenvalue weighted by Gasteiger charge is -2.40. The average Bonchev–Trinajstić information content (AvgIpc) is 3.27. The van der Waals surface area contributed by atoms with Gasteiger partial charge in [-0.3, -0.25) is 5.10 Å². The van der Waals surface area contributed by atoms with Crippen LogP contribution in [0.4, 0.5) is 5.69 Å². The van der Waals surface area contributed by atoms with E-state index in [2.05, 4.69) is 65.0 Å². The fourth-order valence-corrected chi connectivity index (χ4v) is 3.76. The fourth-order valence-electron chi connectivity index (χ4n) is 3.76. The lowest BCUT2D eigenvalue weighted by Crippen LogP contribution is -2.54. The summed E-state index contributed by atoms with van der Waals surface area (Å²) in [5.74, 6) is 2.23. The SMILES string of the molecule is C=C(C[C@@H](C)c1ccc(OC2CN(c3ccc(OCC)cc3)C2)cc1)c1cn[nH]c1. The van der Waals surface area contributed by atoms with Crippen molar-refractivity contribution in [2.24, 2.45) is 0 Å². The van der Waals surface area contributed by atoms with Crippen LogP contribution >= 0.6 is 0 Å². The predicted octanol–water partition coefficient (Wildman–Crippen LogP) is 5.28. The van der Waals surface area contributed by atoms with Crippen LogP contribution in [0, 0.1) is 0 Å². The van der Waals surface area contributed by atoms with Gasteiger partial charge in [0.05, 0.1) is 25.9 Å². The summed E-state index contributed by atoms with van der Waals surface area (Å²) in [6, 6.07) is 16.7. The van der Waals surface area contributed by atoms with Crippen LogP contribution in [0.1, 0.15) is 37.3 Å². The quantitative estimate of drug-likeness (QED) is 0.528. The third kappa shape index (κ3) is 4.67. The second kappa shape index (κ2) is 9.08. The van der Waals surface area contributed by atoms with E-state index in [9.17, 15) is 0 Å². The first-order chi connectivity index (χ1) is 14.6. The number of anilines is 1. The molecule has 2 aromatic carbocycles. The number of rotatable bonds is 9. The first-order valence-corrected chi connectivity index (χ1v) is 10.5. The van der Waals surface area contributed by atoms with E-state index in [0.717, 1.165) is 42.1 Å². The molecule has 156 valence electrons. The number of H-pyrrole nitrogens is 1. The molecule has 0 saturated carbocycles. The molecule has 1 aliphatic heterocycles. The number of nitrogens with zero attached hydrogens (tertiary/aromatic N) is 2. The summed E-state index contributed by atoms with van der Waals surface area (Å²) in [6.45, 7) is 10.9. The molecule has 0 radical (unpaired) electrons. The van der Waals surface area contributed by atoms with Gasteiger partial charge in [-0.1, -0.05) is 25.6 Å². The van der Waals surface area contributed by atoms with Crippen molar-refractivity contribution < 1.29 is 9.47 Å². The molecule has 3 aromatic rings. The normalized spacial score (nSPS) is 14.8. The second-order valence-corrected chi connectivity index (χ2v) is 7.84. The van der Waals surface area contributed by atoms with E-state index in [0.29, 0.717) is 12.5 Å². The molecule has 0 bridgehead atoms. The van der Waals surface area contributed by atoms with Gasteiger partial charge in [-0.25, -0.2) is 0 Å².